The Balaban J connectivity index is 1.60. The Bertz CT molecular complexity index is 2580. The van der Waals surface area contributed by atoms with Crippen molar-refractivity contribution in [3.8, 4) is 22.3 Å². The van der Waals surface area contributed by atoms with Crippen molar-refractivity contribution in [1.82, 2.24) is 17.5 Å². The fraction of sp³-hybridized carbons (Fsp3) is 0.731. The molecule has 2 aliphatic carbocycles. The Morgan fingerprint density at radius 1 is 0.364 bits per heavy atom. The molecular formula is C67H106F2N4S2Sn2. The summed E-state index contributed by atoms with van der Waals surface area (Å²) in [5.41, 5.74) is 9.07. The molecule has 3 aromatic carbocycles. The van der Waals surface area contributed by atoms with Gasteiger partial charge in [0.15, 0.2) is 0 Å². The third-order valence-electron chi connectivity index (χ3n) is 19.2. The van der Waals surface area contributed by atoms with E-state index in [1.165, 1.54) is 196 Å². The van der Waals surface area contributed by atoms with Crippen LogP contribution in [0.1, 0.15) is 289 Å². The summed E-state index contributed by atoms with van der Waals surface area (Å²) < 4.78 is 68.4. The van der Waals surface area contributed by atoms with Crippen LogP contribution in [-0.2, 0) is 10.8 Å². The Labute approximate surface area is 485 Å². The molecule has 4 nitrogen and oxygen atoms in total. The van der Waals surface area contributed by atoms with E-state index in [2.05, 4.69) is 75.4 Å². The normalized spacial score (nSPS) is 14.5. The van der Waals surface area contributed by atoms with Crippen molar-refractivity contribution in [1.29, 1.82) is 0 Å². The van der Waals surface area contributed by atoms with E-state index >= 15 is 8.78 Å². The number of hydrogen-bond acceptors (Lipinski definition) is 6. The van der Waals surface area contributed by atoms with Crippen LogP contribution in [0, 0.1) is 11.6 Å². The molecule has 0 bridgehead atoms. The summed E-state index contributed by atoms with van der Waals surface area (Å²) in [4.78, 5) is 7.46. The third kappa shape index (κ3) is 13.7. The average Bonchev–Trinajstić information content (AvgIpc) is 4.26. The van der Waals surface area contributed by atoms with E-state index < -0.39 is 47.6 Å². The van der Waals surface area contributed by atoms with Crippen molar-refractivity contribution in [3.63, 3.8) is 0 Å². The molecule has 428 valence electrons. The zero-order chi connectivity index (χ0) is 55.1. The number of rotatable bonds is 39. The SMILES string of the molecule is CCCCCCCCC1(CCCCCCCC)c2c[c]([Sn]([CH3])([CH3])[CH3])c3nsnc3c2-c2c(F)c3c(c(F)c21)-c1c(c[c]([Sn]([CH2]CCC)([CH2]CCC)[CH2]CCC)c2nsnc12)C3(CCCCCCCC)CCCCCCCC. The average molecular weight is 1310 g/mol. The first-order valence-corrected chi connectivity index (χ1v) is 51.5. The molecule has 10 heteroatoms. The van der Waals surface area contributed by atoms with Crippen LogP contribution >= 0.6 is 23.5 Å². The second-order valence-electron chi connectivity index (χ2n) is 25.8. The molecule has 2 aromatic heterocycles. The summed E-state index contributed by atoms with van der Waals surface area (Å²) in [6.07, 6.45) is 38.6. The molecule has 0 atom stereocenters. The van der Waals surface area contributed by atoms with Gasteiger partial charge in [-0.1, -0.05) is 0 Å². The van der Waals surface area contributed by atoms with Crippen LogP contribution in [0.5, 0.6) is 0 Å². The standard InChI is InChI=1S/C52H70F2N4S2.3C4H9.3CH3.2Sn/c1-5-9-13-17-21-25-33-51(34-26-22-18-14-10-6-2)37-29-31-39-49(57-59-55-39)41(37)43-45(51)47(53)44-42-38(30-32-40-50(42)58-60-56-40)52(46(44)48(43)54,35-27-23-19-15-11-7-3)36-28-24-20-16-12-8-4;3*1-3-4-2;;;;;/h29-30H,5-28,33-36H2,1-4H3;3*1,3-4H2,2H3;3*1H3;;. The maximum atomic E-state index is 20.3. The molecule has 0 amide bonds. The zero-order valence-corrected chi connectivity index (χ0v) is 58.0. The monoisotopic (exact) mass is 1310 g/mol. The van der Waals surface area contributed by atoms with Crippen LogP contribution in [0.15, 0.2) is 12.1 Å². The van der Waals surface area contributed by atoms with Gasteiger partial charge in [0.05, 0.1) is 0 Å². The summed E-state index contributed by atoms with van der Waals surface area (Å²) >= 11 is -3.57. The molecule has 0 aliphatic heterocycles. The van der Waals surface area contributed by atoms with Gasteiger partial charge in [0.25, 0.3) is 0 Å². The number of benzene rings is 3. The van der Waals surface area contributed by atoms with E-state index in [9.17, 15) is 0 Å². The van der Waals surface area contributed by atoms with Crippen molar-refractivity contribution in [3.05, 3.63) is 46.0 Å². The number of halogens is 2. The van der Waals surface area contributed by atoms with Crippen LogP contribution in [0.2, 0.25) is 28.1 Å². The summed E-state index contributed by atoms with van der Waals surface area (Å²) in [7, 11) is 0. The molecule has 0 saturated heterocycles. The van der Waals surface area contributed by atoms with Gasteiger partial charge in [-0.25, -0.2) is 0 Å². The summed E-state index contributed by atoms with van der Waals surface area (Å²) in [5.74, 6) is -0.286. The molecule has 0 saturated carbocycles. The van der Waals surface area contributed by atoms with Crippen molar-refractivity contribution in [2.24, 2.45) is 0 Å². The molecule has 7 rings (SSSR count). The van der Waals surface area contributed by atoms with Gasteiger partial charge < -0.3 is 0 Å². The molecule has 0 unspecified atom stereocenters. The maximum absolute atomic E-state index is 20.3. The predicted octanol–water partition coefficient (Wildman–Crippen LogP) is 22.1. The molecule has 0 N–H and O–H groups in total. The minimum atomic E-state index is -3.26. The Morgan fingerprint density at radius 2 is 0.649 bits per heavy atom. The third-order valence-corrected chi connectivity index (χ3v) is 41.5. The zero-order valence-electron chi connectivity index (χ0n) is 50.7. The van der Waals surface area contributed by atoms with E-state index in [0.717, 1.165) is 110 Å². The number of unbranched alkanes of at least 4 members (excludes halogenated alkanes) is 23. The molecular weight excluding hydrogens is 1200 g/mol. The molecule has 0 fully saturated rings. The first-order valence-electron chi connectivity index (χ1n) is 32.6. The number of fused-ring (bicyclic) bond motifs is 10. The molecule has 2 aliphatic rings. The fourth-order valence-electron chi connectivity index (χ4n) is 14.9. The van der Waals surface area contributed by atoms with E-state index in [4.69, 9.17) is 17.5 Å². The fourth-order valence-corrected chi connectivity index (χ4v) is 37.1. The number of nitrogens with zero attached hydrogens (tertiary/aromatic N) is 4. The summed E-state index contributed by atoms with van der Waals surface area (Å²) in [5, 5.41) is 0. The number of hydrogen-bond donors (Lipinski definition) is 0. The molecule has 2 heterocycles. The van der Waals surface area contributed by atoms with Gasteiger partial charge in [-0.3, -0.25) is 0 Å². The topological polar surface area (TPSA) is 51.6 Å². The molecule has 0 radical (unpaired) electrons. The Morgan fingerprint density at radius 3 is 0.974 bits per heavy atom. The van der Waals surface area contributed by atoms with Gasteiger partial charge in [0.1, 0.15) is 0 Å². The second kappa shape index (κ2) is 30.4. The molecule has 5 aromatic rings. The van der Waals surface area contributed by atoms with Gasteiger partial charge in [-0.15, -0.1) is 0 Å². The quantitative estimate of drug-likeness (QED) is 0.0291. The summed E-state index contributed by atoms with van der Waals surface area (Å²) in [6, 6.07) is 5.15. The van der Waals surface area contributed by atoms with Crippen LogP contribution in [0.4, 0.5) is 8.78 Å². The van der Waals surface area contributed by atoms with E-state index in [-0.39, 0.29) is 11.6 Å². The number of aromatic nitrogens is 4. The van der Waals surface area contributed by atoms with E-state index in [1.807, 2.05) is 0 Å². The Kier molecular flexibility index (Phi) is 25.0. The first-order chi connectivity index (χ1) is 37.4. The first kappa shape index (κ1) is 63.3. The van der Waals surface area contributed by atoms with Gasteiger partial charge in [-0.2, -0.15) is 0 Å². The van der Waals surface area contributed by atoms with Gasteiger partial charge in [0.2, 0.25) is 0 Å². The van der Waals surface area contributed by atoms with Gasteiger partial charge >= 0.3 is 490 Å². The van der Waals surface area contributed by atoms with Crippen molar-refractivity contribution >= 4 is 89.4 Å². The molecule has 77 heavy (non-hydrogen) atoms. The van der Waals surface area contributed by atoms with E-state index in [1.54, 1.807) is 0 Å². The predicted molar refractivity (Wildman–Crippen MR) is 340 cm³/mol. The van der Waals surface area contributed by atoms with Gasteiger partial charge in [0, 0.05) is 0 Å². The van der Waals surface area contributed by atoms with Crippen LogP contribution in [0.3, 0.4) is 0 Å². The van der Waals surface area contributed by atoms with Crippen LogP contribution < -0.4 is 7.16 Å². The van der Waals surface area contributed by atoms with Gasteiger partial charge in [-0.05, 0) is 0 Å². The Hall–Kier alpha value is -1.24. The van der Waals surface area contributed by atoms with E-state index in [0.29, 0.717) is 22.3 Å². The second-order valence-corrected chi connectivity index (χ2v) is 54.4. The minimum absolute atomic E-state index is 0.143. The summed E-state index contributed by atoms with van der Waals surface area (Å²) in [6.45, 7) is 16.3. The van der Waals surface area contributed by atoms with Crippen molar-refractivity contribution < 1.29 is 8.78 Å². The molecule has 0 spiro atoms. The van der Waals surface area contributed by atoms with Crippen molar-refractivity contribution in [2.45, 2.75) is 306 Å². The van der Waals surface area contributed by atoms with Crippen LogP contribution in [-0.4, -0.2) is 54.2 Å². The van der Waals surface area contributed by atoms with Crippen LogP contribution in [0.25, 0.3) is 44.3 Å². The van der Waals surface area contributed by atoms with Crippen molar-refractivity contribution in [2.75, 3.05) is 0 Å².